The van der Waals surface area contributed by atoms with Gasteiger partial charge >= 0.3 is 11.9 Å². The largest absolute Gasteiger partial charge is 0.497 e. The Hall–Kier alpha value is -3.71. The molecule has 1 amide bonds. The van der Waals surface area contributed by atoms with Crippen molar-refractivity contribution in [1.29, 1.82) is 0 Å². The van der Waals surface area contributed by atoms with Gasteiger partial charge < -0.3 is 15.2 Å². The molecule has 0 aliphatic carbocycles. The molecule has 0 bridgehead atoms. The summed E-state index contributed by atoms with van der Waals surface area (Å²) in [6, 6.07) is 8.81. The molecule has 14 heteroatoms. The topological polar surface area (TPSA) is 115 Å². The zero-order chi connectivity index (χ0) is 27.5. The lowest BCUT2D eigenvalue weighted by Gasteiger charge is -2.13. The van der Waals surface area contributed by atoms with Crippen molar-refractivity contribution in [3.8, 4) is 11.6 Å². The molecule has 0 radical (unpaired) electrons. The van der Waals surface area contributed by atoms with Crippen LogP contribution in [0.3, 0.4) is 0 Å². The molecular formula is C23H20ClF3N4O5S. The van der Waals surface area contributed by atoms with Gasteiger partial charge in [-0.05, 0) is 42.5 Å². The summed E-state index contributed by atoms with van der Waals surface area (Å²) in [5.41, 5.74) is -2.90. The zero-order valence-corrected chi connectivity index (χ0v) is 21.2. The van der Waals surface area contributed by atoms with Crippen LogP contribution < -0.4 is 21.3 Å². The van der Waals surface area contributed by atoms with Gasteiger partial charge in [0.15, 0.2) is 0 Å². The van der Waals surface area contributed by atoms with Crippen molar-refractivity contribution in [3.63, 3.8) is 0 Å². The van der Waals surface area contributed by atoms with Gasteiger partial charge in [-0.25, -0.2) is 9.79 Å². The number of amides is 1. The molecule has 1 aromatic heterocycles. The Labute approximate surface area is 217 Å². The second kappa shape index (κ2) is 11.1. The Morgan fingerprint density at radius 2 is 1.78 bits per heavy atom. The van der Waals surface area contributed by atoms with E-state index in [0.717, 1.165) is 33.0 Å². The summed E-state index contributed by atoms with van der Waals surface area (Å²) < 4.78 is 45.8. The fourth-order valence-electron chi connectivity index (χ4n) is 3.07. The second-order valence-corrected chi connectivity index (χ2v) is 8.92. The third-order valence-electron chi connectivity index (χ3n) is 5.06. The van der Waals surface area contributed by atoms with Crippen molar-refractivity contribution >= 4 is 45.7 Å². The lowest BCUT2D eigenvalue weighted by Crippen LogP contribution is -2.39. The number of halogens is 4. The van der Waals surface area contributed by atoms with Gasteiger partial charge in [-0.15, -0.1) is 0 Å². The molecule has 1 heterocycles. The number of aliphatic imine (C=N–C) groups is 1. The van der Waals surface area contributed by atoms with Crippen LogP contribution in [-0.2, 0) is 25.1 Å². The average molecular weight is 557 g/mol. The van der Waals surface area contributed by atoms with E-state index in [0.29, 0.717) is 17.5 Å². The van der Waals surface area contributed by atoms with E-state index < -0.39 is 40.5 Å². The van der Waals surface area contributed by atoms with E-state index >= 15 is 0 Å². The molecular weight excluding hydrogens is 537 g/mol. The highest BCUT2D eigenvalue weighted by Gasteiger charge is 2.31. The predicted octanol–water partition coefficient (Wildman–Crippen LogP) is 3.92. The first kappa shape index (κ1) is 27.9. The first-order chi connectivity index (χ1) is 17.3. The molecule has 0 aliphatic heterocycles. The minimum absolute atomic E-state index is 0.107. The monoisotopic (exact) mass is 556 g/mol. The van der Waals surface area contributed by atoms with Crippen molar-refractivity contribution in [2.45, 2.75) is 6.18 Å². The Morgan fingerprint density at radius 3 is 2.38 bits per heavy atom. The summed E-state index contributed by atoms with van der Waals surface area (Å²) in [5.74, 6) is -1.32. The molecule has 0 saturated carbocycles. The maximum atomic E-state index is 13.0. The third kappa shape index (κ3) is 6.35. The van der Waals surface area contributed by atoms with Crippen LogP contribution >= 0.6 is 23.4 Å². The number of ether oxygens (including phenoxy) is 1. The molecule has 0 spiro atoms. The molecule has 0 fully saturated rings. The highest BCUT2D eigenvalue weighted by molar-refractivity contribution is 8.15. The molecule has 2 aromatic carbocycles. The van der Waals surface area contributed by atoms with E-state index in [2.05, 4.69) is 10.3 Å². The molecule has 0 aliphatic rings. The number of thioether (sulfide) groups is 1. The number of hydrogen-bond donors (Lipinski definition) is 2. The number of aromatic hydroxyl groups is 1. The molecule has 0 saturated heterocycles. The Kier molecular flexibility index (Phi) is 8.39. The Bertz CT molecular complexity index is 1480. The molecule has 0 atom stereocenters. The van der Waals surface area contributed by atoms with Crippen LogP contribution in [0.2, 0.25) is 5.02 Å². The van der Waals surface area contributed by atoms with E-state index in [9.17, 15) is 32.7 Å². The number of hydrogen-bond acceptors (Lipinski definition) is 7. The predicted molar refractivity (Wildman–Crippen MR) is 135 cm³/mol. The van der Waals surface area contributed by atoms with Crippen molar-refractivity contribution in [1.82, 2.24) is 9.13 Å². The first-order valence-electron chi connectivity index (χ1n) is 10.3. The molecule has 196 valence electrons. The SMILES string of the molecule is COc1ccc(N=C(SCC(=O)Nc2cc(C(F)(F)F)ccc2Cl)c2c(O)n(C)c(=O)n(C)c2=O)cc1. The van der Waals surface area contributed by atoms with Gasteiger partial charge in [-0.1, -0.05) is 23.4 Å². The normalized spacial score (nSPS) is 11.9. The van der Waals surface area contributed by atoms with Crippen molar-refractivity contribution in [2.75, 3.05) is 18.2 Å². The maximum Gasteiger partial charge on any atom is 0.416 e. The van der Waals surface area contributed by atoms with E-state index in [1.54, 1.807) is 24.3 Å². The highest BCUT2D eigenvalue weighted by atomic mass is 35.5. The van der Waals surface area contributed by atoms with Crippen LogP contribution in [0.15, 0.2) is 57.0 Å². The van der Waals surface area contributed by atoms with Gasteiger partial charge in [0.2, 0.25) is 11.8 Å². The van der Waals surface area contributed by atoms with Crippen LogP contribution in [0.5, 0.6) is 11.6 Å². The molecule has 3 rings (SSSR count). The second-order valence-electron chi connectivity index (χ2n) is 7.55. The van der Waals surface area contributed by atoms with Crippen LogP contribution in [0.4, 0.5) is 24.5 Å². The van der Waals surface area contributed by atoms with Crippen LogP contribution in [0.25, 0.3) is 0 Å². The van der Waals surface area contributed by atoms with E-state index in [-0.39, 0.29) is 21.3 Å². The molecule has 9 nitrogen and oxygen atoms in total. The van der Waals surface area contributed by atoms with Gasteiger partial charge in [0.25, 0.3) is 5.56 Å². The molecule has 37 heavy (non-hydrogen) atoms. The number of methoxy groups -OCH3 is 1. The smallest absolute Gasteiger partial charge is 0.416 e. The number of anilines is 1. The number of nitrogens with one attached hydrogen (secondary N) is 1. The van der Waals surface area contributed by atoms with Gasteiger partial charge in [0.05, 0.1) is 34.8 Å². The minimum Gasteiger partial charge on any atom is -0.497 e. The number of benzene rings is 2. The number of rotatable bonds is 6. The lowest BCUT2D eigenvalue weighted by molar-refractivity contribution is -0.137. The van der Waals surface area contributed by atoms with Gasteiger partial charge in [-0.2, -0.15) is 13.2 Å². The van der Waals surface area contributed by atoms with E-state index in [1.807, 2.05) is 0 Å². The van der Waals surface area contributed by atoms with Crippen LogP contribution in [-0.4, -0.2) is 38.1 Å². The number of nitrogens with zero attached hydrogens (tertiary/aromatic N) is 3. The van der Waals surface area contributed by atoms with Crippen LogP contribution in [0, 0.1) is 0 Å². The minimum atomic E-state index is -4.64. The number of carbonyl (C=O) groups excluding carboxylic acids is 1. The fraction of sp³-hybridized carbons (Fsp3) is 0.217. The third-order valence-corrected chi connectivity index (χ3v) is 6.36. The van der Waals surface area contributed by atoms with Gasteiger partial charge in [-0.3, -0.25) is 18.7 Å². The van der Waals surface area contributed by atoms with Gasteiger partial charge in [0, 0.05) is 14.1 Å². The van der Waals surface area contributed by atoms with Crippen molar-refractivity contribution < 1.29 is 27.8 Å². The highest BCUT2D eigenvalue weighted by Crippen LogP contribution is 2.34. The summed E-state index contributed by atoms with van der Waals surface area (Å²) in [4.78, 5) is 42.0. The number of carbonyl (C=O) groups is 1. The molecule has 0 unspecified atom stereocenters. The van der Waals surface area contributed by atoms with Crippen LogP contribution in [0.1, 0.15) is 11.1 Å². The molecule has 2 N–H and O–H groups in total. The summed E-state index contributed by atoms with van der Waals surface area (Å²) in [7, 11) is 3.94. The van der Waals surface area contributed by atoms with Gasteiger partial charge in [0.1, 0.15) is 16.4 Å². The van der Waals surface area contributed by atoms with E-state index in [4.69, 9.17) is 16.3 Å². The van der Waals surface area contributed by atoms with Crippen molar-refractivity contribution in [2.24, 2.45) is 19.1 Å². The van der Waals surface area contributed by atoms with E-state index in [1.165, 1.54) is 21.2 Å². The number of alkyl halides is 3. The lowest BCUT2D eigenvalue weighted by atomic mass is 10.2. The average Bonchev–Trinajstić information content (AvgIpc) is 2.85. The summed E-state index contributed by atoms with van der Waals surface area (Å²) in [6.45, 7) is 0. The summed E-state index contributed by atoms with van der Waals surface area (Å²) in [5, 5.41) is 12.7. The fourth-order valence-corrected chi connectivity index (χ4v) is 4.07. The Balaban J connectivity index is 1.97. The first-order valence-corrected chi connectivity index (χ1v) is 11.7. The zero-order valence-electron chi connectivity index (χ0n) is 19.6. The number of aromatic nitrogens is 2. The molecule has 3 aromatic rings. The maximum absolute atomic E-state index is 13.0. The summed E-state index contributed by atoms with van der Waals surface area (Å²) >= 11 is 6.67. The van der Waals surface area contributed by atoms with Crippen molar-refractivity contribution in [3.05, 3.63) is 79.5 Å². The Morgan fingerprint density at radius 1 is 1.14 bits per heavy atom. The quantitative estimate of drug-likeness (QED) is 0.351. The summed E-state index contributed by atoms with van der Waals surface area (Å²) in [6.07, 6.45) is -4.64. The standard InChI is InChI=1S/C23H20ClF3N4O5S/c1-30-20(33)18(21(34)31(2)22(30)35)19(28-13-5-7-14(36-3)8-6-13)37-11-17(32)29-16-10-12(23(25,26)27)4-9-15(16)24/h4-10,33H,11H2,1-3H3,(H,29,32).